The third kappa shape index (κ3) is 21.7. The van der Waals surface area contributed by atoms with Crippen LogP contribution in [0.1, 0.15) is 122 Å². The smallest absolute Gasteiger partial charge is 0.337 e. The Kier molecular flexibility index (Phi) is 22.7. The molecule has 0 heterocycles. The molecule has 0 spiro atoms. The van der Waals surface area contributed by atoms with E-state index in [0.29, 0.717) is 6.61 Å². The summed E-state index contributed by atoms with van der Waals surface area (Å²) in [7, 11) is 0. The first-order chi connectivity index (χ1) is 14.2. The van der Waals surface area contributed by atoms with E-state index in [1.54, 1.807) is 0 Å². The largest absolute Gasteiger partial charge is 0.464 e. The van der Waals surface area contributed by atoms with Crippen LogP contribution in [-0.4, -0.2) is 35.5 Å². The molecule has 0 aliphatic carbocycles. The summed E-state index contributed by atoms with van der Waals surface area (Å²) >= 11 is 0. The van der Waals surface area contributed by atoms with Crippen molar-refractivity contribution < 1.29 is 19.7 Å². The van der Waals surface area contributed by atoms with Gasteiger partial charge in [0.05, 0.1) is 13.2 Å². The fourth-order valence-corrected chi connectivity index (χ4v) is 3.40. The molecule has 0 rings (SSSR count). The van der Waals surface area contributed by atoms with E-state index in [0.717, 1.165) is 12.8 Å². The number of aliphatic hydroxyl groups is 2. The van der Waals surface area contributed by atoms with Gasteiger partial charge in [0, 0.05) is 0 Å². The highest BCUT2D eigenvalue weighted by Crippen LogP contribution is 2.12. The van der Waals surface area contributed by atoms with Crippen LogP contribution in [-0.2, 0) is 9.53 Å². The highest BCUT2D eigenvalue weighted by molar-refractivity contribution is 5.74. The molecule has 0 aromatic rings. The van der Waals surface area contributed by atoms with Crippen LogP contribution in [0.25, 0.3) is 0 Å². The molecular formula is C25H48O4. The van der Waals surface area contributed by atoms with Crippen molar-refractivity contribution >= 4 is 5.97 Å². The summed E-state index contributed by atoms with van der Waals surface area (Å²) in [5.41, 5.74) is 0. The Balaban J connectivity index is 3.15. The highest BCUT2D eigenvalue weighted by Gasteiger charge is 2.14. The van der Waals surface area contributed by atoms with E-state index in [-0.39, 0.29) is 0 Å². The third-order valence-electron chi connectivity index (χ3n) is 5.35. The van der Waals surface area contributed by atoms with Crippen molar-refractivity contribution in [2.24, 2.45) is 0 Å². The summed E-state index contributed by atoms with van der Waals surface area (Å²) in [5, 5.41) is 17.7. The molecule has 4 nitrogen and oxygen atoms in total. The average Bonchev–Trinajstić information content (AvgIpc) is 2.74. The van der Waals surface area contributed by atoms with Gasteiger partial charge in [0.15, 0.2) is 6.10 Å². The number of allylic oxidation sites excluding steroid dienone is 2. The van der Waals surface area contributed by atoms with E-state index >= 15 is 0 Å². The number of aliphatic hydroxyl groups excluding tert-OH is 2. The van der Waals surface area contributed by atoms with Crippen LogP contribution in [0.15, 0.2) is 12.2 Å². The molecule has 0 saturated carbocycles. The Morgan fingerprint density at radius 3 is 1.59 bits per heavy atom. The maximum Gasteiger partial charge on any atom is 0.337 e. The predicted octanol–water partition coefficient (Wildman–Crippen LogP) is 6.48. The zero-order valence-corrected chi connectivity index (χ0v) is 19.1. The standard InChI is InChI=1S/C25H48O4/c1-2-3-4-5-6-7-8-9-10-11-12-13-14-15-16-17-18-19-20-21-22-29-25(28)24(27)23-26/h9-10,24,26-27H,2-8,11-23H2,1H3/b10-9-. The minimum Gasteiger partial charge on any atom is -0.464 e. The number of ether oxygens (including phenoxy) is 1. The Morgan fingerprint density at radius 1 is 0.724 bits per heavy atom. The summed E-state index contributed by atoms with van der Waals surface area (Å²) in [4.78, 5) is 11.1. The van der Waals surface area contributed by atoms with Crippen LogP contribution in [0, 0.1) is 0 Å². The Hall–Kier alpha value is -0.870. The molecule has 0 bridgehead atoms. The van der Waals surface area contributed by atoms with E-state index in [1.165, 1.54) is 103 Å². The van der Waals surface area contributed by atoms with Crippen molar-refractivity contribution in [2.45, 2.75) is 129 Å². The van der Waals surface area contributed by atoms with Gasteiger partial charge in [0.2, 0.25) is 0 Å². The normalized spacial score (nSPS) is 12.5. The molecule has 0 saturated heterocycles. The van der Waals surface area contributed by atoms with Crippen LogP contribution in [0.5, 0.6) is 0 Å². The van der Waals surface area contributed by atoms with Crippen LogP contribution in [0.2, 0.25) is 0 Å². The fraction of sp³-hybridized carbons (Fsp3) is 0.880. The van der Waals surface area contributed by atoms with Crippen molar-refractivity contribution in [3.8, 4) is 0 Å². The SMILES string of the molecule is CCCCCCCC/C=C\CCCCCCCCCCCCOC(=O)C(O)CO. The maximum absolute atomic E-state index is 11.1. The molecule has 2 N–H and O–H groups in total. The van der Waals surface area contributed by atoms with Crippen LogP contribution in [0.4, 0.5) is 0 Å². The summed E-state index contributed by atoms with van der Waals surface area (Å²) in [6, 6.07) is 0. The third-order valence-corrected chi connectivity index (χ3v) is 5.35. The van der Waals surface area contributed by atoms with Gasteiger partial charge in [0.1, 0.15) is 0 Å². The molecular weight excluding hydrogens is 364 g/mol. The van der Waals surface area contributed by atoms with E-state index < -0.39 is 18.7 Å². The van der Waals surface area contributed by atoms with Gasteiger partial charge in [-0.2, -0.15) is 0 Å². The van der Waals surface area contributed by atoms with Gasteiger partial charge < -0.3 is 14.9 Å². The molecule has 0 amide bonds. The van der Waals surface area contributed by atoms with Gasteiger partial charge >= 0.3 is 5.97 Å². The Labute approximate surface area is 180 Å². The monoisotopic (exact) mass is 412 g/mol. The van der Waals surface area contributed by atoms with E-state index in [2.05, 4.69) is 19.1 Å². The van der Waals surface area contributed by atoms with Crippen LogP contribution < -0.4 is 0 Å². The van der Waals surface area contributed by atoms with Gasteiger partial charge in [-0.15, -0.1) is 0 Å². The second kappa shape index (κ2) is 23.4. The first kappa shape index (κ1) is 28.1. The molecule has 1 unspecified atom stereocenters. The number of unbranched alkanes of at least 4 members (excludes halogenated alkanes) is 16. The first-order valence-electron chi connectivity index (χ1n) is 12.3. The quantitative estimate of drug-likeness (QED) is 0.121. The zero-order valence-electron chi connectivity index (χ0n) is 19.1. The summed E-state index contributed by atoms with van der Waals surface area (Å²) in [6.07, 6.45) is 26.5. The Bertz CT molecular complexity index is 368. The van der Waals surface area contributed by atoms with E-state index in [9.17, 15) is 4.79 Å². The highest BCUT2D eigenvalue weighted by atomic mass is 16.5. The zero-order chi connectivity index (χ0) is 21.4. The number of carbonyl (C=O) groups excluding carboxylic acids is 1. The molecule has 0 radical (unpaired) electrons. The second-order valence-corrected chi connectivity index (χ2v) is 8.22. The van der Waals surface area contributed by atoms with Gasteiger partial charge in [0.25, 0.3) is 0 Å². The fourth-order valence-electron chi connectivity index (χ4n) is 3.40. The van der Waals surface area contributed by atoms with Crippen molar-refractivity contribution in [2.75, 3.05) is 13.2 Å². The lowest BCUT2D eigenvalue weighted by Gasteiger charge is -2.07. The van der Waals surface area contributed by atoms with Gasteiger partial charge in [-0.05, 0) is 32.1 Å². The summed E-state index contributed by atoms with van der Waals surface area (Å²) < 4.78 is 4.88. The molecule has 4 heteroatoms. The van der Waals surface area contributed by atoms with Crippen LogP contribution in [0.3, 0.4) is 0 Å². The maximum atomic E-state index is 11.1. The molecule has 172 valence electrons. The number of carbonyl (C=O) groups is 1. The van der Waals surface area contributed by atoms with Crippen LogP contribution >= 0.6 is 0 Å². The minimum atomic E-state index is -1.39. The lowest BCUT2D eigenvalue weighted by atomic mass is 10.1. The number of hydrogen-bond donors (Lipinski definition) is 2. The summed E-state index contributed by atoms with van der Waals surface area (Å²) in [6.45, 7) is 2.03. The molecule has 0 fully saturated rings. The van der Waals surface area contributed by atoms with Crippen molar-refractivity contribution in [3.05, 3.63) is 12.2 Å². The first-order valence-corrected chi connectivity index (χ1v) is 12.3. The molecule has 0 aromatic carbocycles. The Morgan fingerprint density at radius 2 is 1.14 bits per heavy atom. The minimum absolute atomic E-state index is 0.337. The molecule has 1 atom stereocenters. The van der Waals surface area contributed by atoms with Gasteiger partial charge in [-0.3, -0.25) is 0 Å². The molecule has 0 aliphatic heterocycles. The molecule has 0 aromatic heterocycles. The number of rotatable bonds is 22. The van der Waals surface area contributed by atoms with E-state index in [4.69, 9.17) is 14.9 Å². The molecule has 29 heavy (non-hydrogen) atoms. The molecule has 0 aliphatic rings. The van der Waals surface area contributed by atoms with E-state index in [1.807, 2.05) is 0 Å². The lowest BCUT2D eigenvalue weighted by molar-refractivity contribution is -0.155. The summed E-state index contributed by atoms with van der Waals surface area (Å²) in [5.74, 6) is -0.721. The number of hydrogen-bond acceptors (Lipinski definition) is 4. The van der Waals surface area contributed by atoms with Gasteiger partial charge in [-0.1, -0.05) is 103 Å². The van der Waals surface area contributed by atoms with Crippen molar-refractivity contribution in [1.29, 1.82) is 0 Å². The average molecular weight is 413 g/mol. The van der Waals surface area contributed by atoms with Gasteiger partial charge in [-0.25, -0.2) is 4.79 Å². The van der Waals surface area contributed by atoms with Crippen molar-refractivity contribution in [3.63, 3.8) is 0 Å². The second-order valence-electron chi connectivity index (χ2n) is 8.22. The predicted molar refractivity (Wildman–Crippen MR) is 122 cm³/mol. The topological polar surface area (TPSA) is 66.8 Å². The van der Waals surface area contributed by atoms with Crippen molar-refractivity contribution in [1.82, 2.24) is 0 Å². The lowest BCUT2D eigenvalue weighted by Crippen LogP contribution is -2.26. The number of esters is 1.